The maximum absolute atomic E-state index is 12.2. The fourth-order valence-electron chi connectivity index (χ4n) is 9.77. The van der Waals surface area contributed by atoms with Gasteiger partial charge in [0.1, 0.15) is 44.9 Å². The van der Waals surface area contributed by atoms with Gasteiger partial charge in [0.05, 0.1) is 96.1 Å². The van der Waals surface area contributed by atoms with Gasteiger partial charge in [-0.05, 0) is 117 Å². The van der Waals surface area contributed by atoms with Crippen molar-refractivity contribution in [3.63, 3.8) is 0 Å². The number of ether oxygens (including phenoxy) is 5. The van der Waals surface area contributed by atoms with Crippen LogP contribution in [0.5, 0.6) is 0 Å². The maximum Gasteiger partial charge on any atom is 0.319 e. The molecule has 3 saturated heterocycles. The van der Waals surface area contributed by atoms with Crippen molar-refractivity contribution < 1.29 is 259 Å². The van der Waals surface area contributed by atoms with E-state index in [0.29, 0.717) is 88.4 Å². The Morgan fingerprint density at radius 2 is 0.904 bits per heavy atom. The molecule has 0 spiro atoms. The van der Waals surface area contributed by atoms with E-state index in [2.05, 4.69) is 78.2 Å². The first-order valence-electron chi connectivity index (χ1n) is 32.1. The van der Waals surface area contributed by atoms with Gasteiger partial charge in [0.15, 0.2) is 12.6 Å². The summed E-state index contributed by atoms with van der Waals surface area (Å²) >= 11 is 0. The Morgan fingerprint density at radius 3 is 1.26 bits per heavy atom. The van der Waals surface area contributed by atoms with E-state index in [1.54, 1.807) is 13.8 Å². The summed E-state index contributed by atoms with van der Waals surface area (Å²) in [7, 11) is -10.5. The summed E-state index contributed by atoms with van der Waals surface area (Å²) in [5.74, 6) is 0.0429. The average Bonchev–Trinajstić information content (AvgIpc) is 1.85. The number of aliphatic hydroxyl groups is 9. The van der Waals surface area contributed by atoms with Crippen molar-refractivity contribution in [2.24, 2.45) is 23.7 Å². The van der Waals surface area contributed by atoms with Crippen LogP contribution in [0.2, 0.25) is 0 Å². The zero-order valence-corrected chi connectivity index (χ0v) is 74.9. The van der Waals surface area contributed by atoms with Gasteiger partial charge in [-0.1, -0.05) is 61.8 Å². The summed E-state index contributed by atoms with van der Waals surface area (Å²) in [4.78, 5) is 0. The van der Waals surface area contributed by atoms with Crippen molar-refractivity contribution in [3.8, 4) is 0 Å². The molecule has 3 aliphatic heterocycles. The number of hydrogen-bond donors (Lipinski definition) is 9. The SMILES string of the molecule is CCC(CC)OP(C)N(C(C)C)C(C)C.CCC(CC)O[PH](=O)OCC1O[C@@H](C)[C@H](C)[C@@H]1CC.CO[PH](=O)OC(CO[PH](=O)OCCCCCOC1OC(CO)C(O)C(O)C1C)CO[PH](=O)OCCCCCOC1OC(CO)C(O)C(O)C1C.OCC(O)CO.[Y].[Y].[Y].[Y]. The molecule has 3 heterocycles. The van der Waals surface area contributed by atoms with E-state index < -0.39 is 128 Å². The van der Waals surface area contributed by atoms with Crippen LogP contribution in [-0.2, 0) is 213 Å². The molecular formula is C57H122NO27P5Y4. The number of aliphatic hydroxyl groups excluding tert-OH is 9. The van der Waals surface area contributed by atoms with Crippen molar-refractivity contribution in [2.75, 3.05) is 86.5 Å². The average molecular weight is 1760 g/mol. The van der Waals surface area contributed by atoms with E-state index in [0.717, 1.165) is 32.1 Å². The van der Waals surface area contributed by atoms with E-state index in [1.807, 2.05) is 13.8 Å². The molecular weight excluding hydrogens is 1640 g/mol. The summed E-state index contributed by atoms with van der Waals surface area (Å²) in [6.07, 6.45) is -0.568. The van der Waals surface area contributed by atoms with Crippen LogP contribution < -0.4 is 0 Å². The smallest absolute Gasteiger partial charge is 0.319 e. The molecule has 0 bridgehead atoms. The molecule has 0 aromatic carbocycles. The van der Waals surface area contributed by atoms with Gasteiger partial charge in [-0.2, -0.15) is 0 Å². The van der Waals surface area contributed by atoms with E-state index in [4.69, 9.17) is 75.2 Å². The molecule has 37 heteroatoms. The van der Waals surface area contributed by atoms with Crippen molar-refractivity contribution in [3.05, 3.63) is 0 Å². The largest absolute Gasteiger partial charge is 0.394 e. The molecule has 0 amide bonds. The van der Waals surface area contributed by atoms with Crippen LogP contribution in [0, 0.1) is 23.7 Å². The third-order valence-corrected chi connectivity index (χ3v) is 21.1. The molecule has 3 fully saturated rings. The van der Waals surface area contributed by atoms with E-state index in [9.17, 15) is 48.9 Å². The zero-order chi connectivity index (χ0) is 68.5. The van der Waals surface area contributed by atoms with Gasteiger partial charge in [0.2, 0.25) is 0 Å². The molecule has 0 aromatic heterocycles. The molecule has 4 radical (unpaired) electrons. The molecule has 0 saturated carbocycles. The fraction of sp³-hybridized carbons (Fsp3) is 1.00. The van der Waals surface area contributed by atoms with E-state index >= 15 is 0 Å². The molecule has 28 nitrogen and oxygen atoms in total. The molecule has 554 valence electrons. The van der Waals surface area contributed by atoms with Gasteiger partial charge in [0.25, 0.3) is 0 Å². The van der Waals surface area contributed by atoms with Crippen LogP contribution in [0.1, 0.15) is 161 Å². The minimum atomic E-state index is -2.94. The van der Waals surface area contributed by atoms with Gasteiger partial charge >= 0.3 is 33.0 Å². The normalized spacial score (nSPS) is 27.1. The molecule has 16 unspecified atom stereocenters. The summed E-state index contributed by atoms with van der Waals surface area (Å²) in [5, 5.41) is 82.6. The Bertz CT molecular complexity index is 1780. The molecule has 3 rings (SSSR count). The van der Waals surface area contributed by atoms with Crippen LogP contribution >= 0.6 is 41.3 Å². The predicted octanol–water partition coefficient (Wildman–Crippen LogP) is 7.40. The molecule has 19 atom stereocenters. The van der Waals surface area contributed by atoms with Gasteiger partial charge < -0.3 is 110 Å². The number of hydrogen-bond acceptors (Lipinski definition) is 28. The van der Waals surface area contributed by atoms with Gasteiger partial charge in [-0.3, -0.25) is 22.9 Å². The van der Waals surface area contributed by atoms with Crippen LogP contribution in [-0.4, -0.2) is 235 Å². The summed E-state index contributed by atoms with van der Waals surface area (Å²) < 4.78 is 126. The summed E-state index contributed by atoms with van der Waals surface area (Å²) in [5.41, 5.74) is 0. The minimum absolute atomic E-state index is 0. The van der Waals surface area contributed by atoms with Crippen LogP contribution in [0.25, 0.3) is 0 Å². The van der Waals surface area contributed by atoms with Gasteiger partial charge in [-0.25, -0.2) is 0 Å². The molecule has 94 heavy (non-hydrogen) atoms. The van der Waals surface area contributed by atoms with Gasteiger partial charge in [-0.15, -0.1) is 0 Å². The summed E-state index contributed by atoms with van der Waals surface area (Å²) in [6, 6.07) is 1.13. The Labute approximate surface area is 666 Å². The Kier molecular flexibility index (Phi) is 74.2. The molecule has 0 aliphatic carbocycles. The monoisotopic (exact) mass is 1760 g/mol. The van der Waals surface area contributed by atoms with Crippen LogP contribution in [0.15, 0.2) is 0 Å². The Balaban J connectivity index is -0.000000488. The first kappa shape index (κ1) is 107. The third kappa shape index (κ3) is 45.5. The number of nitrogens with zero attached hydrogens (tertiary/aromatic N) is 1. The van der Waals surface area contributed by atoms with Crippen LogP contribution in [0.3, 0.4) is 0 Å². The number of rotatable bonds is 44. The van der Waals surface area contributed by atoms with Crippen molar-refractivity contribution in [1.29, 1.82) is 0 Å². The van der Waals surface area contributed by atoms with Crippen molar-refractivity contribution >= 4 is 41.3 Å². The second-order valence-corrected chi connectivity index (χ2v) is 29.0. The standard InChI is InChI=1S/C28H57O19P3.C14H29O4P.C12H28NOP.C3H8O3.4Y/c1-18-23(31)25(33)21(14-29)45-27(18)39-10-6-4-8-12-41-49(36)43-16-20(47-48(35)38-3)17-44-50(37)42-13-9-5-7-11-40-28-19(2)24(32)26(34)22(15-30)46-28;1-6-12(7-2)18-19(15)16-9-14-13(8-3)10(4)11(5)17-14;1-8-12(9-2)14-15(7)13(10(3)4)11(5)6;4-1-3(6)2-5;;;;/h18-34,48-50H,4-17H2,1-3H3;10-14,19H,6-9H2,1-5H3;10-12H,8-9H2,1-7H3;3-6H,1-2H2;;;;/t;10-,11-,13-,14?;;;;;;/m.0....../s1. The number of unbranched alkanes of at least 4 members (excludes halogenated alkanes) is 4. The maximum atomic E-state index is 12.2. The van der Waals surface area contributed by atoms with Crippen molar-refractivity contribution in [1.82, 2.24) is 4.67 Å². The minimum Gasteiger partial charge on any atom is -0.394 e. The quantitative estimate of drug-likeness (QED) is 0.0212. The Hall–Kier alpha value is 4.81. The van der Waals surface area contributed by atoms with E-state index in [1.165, 1.54) is 7.11 Å². The molecule has 3 aliphatic rings. The van der Waals surface area contributed by atoms with Gasteiger partial charge in [0, 0.05) is 175 Å². The zero-order valence-electron chi connectivity index (χ0n) is 58.7. The first-order chi connectivity index (χ1) is 42.7. The molecule has 9 N–H and O–H groups in total. The Morgan fingerprint density at radius 1 is 0.500 bits per heavy atom. The summed E-state index contributed by atoms with van der Waals surface area (Å²) in [6.45, 7) is 28.4. The third-order valence-electron chi connectivity index (χ3n) is 15.5. The van der Waals surface area contributed by atoms with Crippen molar-refractivity contribution in [2.45, 2.75) is 259 Å². The first-order valence-corrected chi connectivity index (χ1v) is 38.7. The van der Waals surface area contributed by atoms with E-state index in [-0.39, 0.29) is 189 Å². The second kappa shape index (κ2) is 64.9. The topological polar surface area (TPSA) is 383 Å². The second-order valence-electron chi connectivity index (χ2n) is 23.0. The fourth-order valence-corrected chi connectivity index (χ4v) is 14.8. The molecule has 0 aromatic rings. The van der Waals surface area contributed by atoms with Crippen LogP contribution in [0.4, 0.5) is 0 Å². The predicted molar refractivity (Wildman–Crippen MR) is 344 cm³/mol.